The summed E-state index contributed by atoms with van der Waals surface area (Å²) in [5.74, 6) is 0.601. The van der Waals surface area contributed by atoms with Gasteiger partial charge in [0.05, 0.1) is 38.1 Å². The molecule has 11 N–H and O–H groups in total. The van der Waals surface area contributed by atoms with E-state index in [1.807, 2.05) is 0 Å². The molecule has 0 aromatic rings. The van der Waals surface area contributed by atoms with Gasteiger partial charge in [-0.3, -0.25) is 0 Å². The van der Waals surface area contributed by atoms with Crippen LogP contribution in [0, 0.1) is 50.2 Å². The lowest BCUT2D eigenvalue weighted by molar-refractivity contribution is -0.373. The molecule has 24 atom stereocenters. The molecule has 0 amide bonds. The normalized spacial score (nSPS) is 55.2. The molecule has 0 aromatic heterocycles. The number of ether oxygens (including phenoxy) is 6. The van der Waals surface area contributed by atoms with E-state index in [-0.39, 0.29) is 40.1 Å². The zero-order valence-corrected chi connectivity index (χ0v) is 39.5. The van der Waals surface area contributed by atoms with Crippen molar-refractivity contribution in [3.63, 3.8) is 0 Å². The van der Waals surface area contributed by atoms with E-state index in [1.54, 1.807) is 0 Å². The number of aliphatic hydroxyl groups is 11. The summed E-state index contributed by atoms with van der Waals surface area (Å²) in [6.45, 7) is 16.5. The highest BCUT2D eigenvalue weighted by atomic mass is 16.8. The molecule has 0 spiro atoms. The Bertz CT molecular complexity index is 1730. The van der Waals surface area contributed by atoms with Crippen LogP contribution in [0.4, 0.5) is 0 Å². The van der Waals surface area contributed by atoms with Gasteiger partial charge < -0.3 is 84.6 Å². The number of allylic oxidation sites excluding steroid dienone is 2. The van der Waals surface area contributed by atoms with Crippen LogP contribution >= 0.6 is 0 Å². The van der Waals surface area contributed by atoms with Gasteiger partial charge in [0.15, 0.2) is 18.9 Å². The van der Waals surface area contributed by atoms with E-state index in [0.717, 1.165) is 44.9 Å². The number of hydrogen-bond acceptors (Lipinski definition) is 17. The first-order valence-corrected chi connectivity index (χ1v) is 24.3. The first-order valence-electron chi connectivity index (χ1n) is 24.3. The van der Waals surface area contributed by atoms with Crippen LogP contribution in [0.5, 0.6) is 0 Å². The average molecular weight is 929 g/mol. The quantitative estimate of drug-likeness (QED) is 0.112. The van der Waals surface area contributed by atoms with Crippen LogP contribution in [0.3, 0.4) is 0 Å². The minimum absolute atomic E-state index is 0.0134. The second-order valence-electron chi connectivity index (χ2n) is 23.6. The molecule has 3 heterocycles. The van der Waals surface area contributed by atoms with E-state index >= 15 is 0 Å². The third-order valence-corrected chi connectivity index (χ3v) is 19.4. The van der Waals surface area contributed by atoms with Gasteiger partial charge in [-0.1, -0.05) is 60.1 Å². The smallest absolute Gasteiger partial charge is 0.187 e. The van der Waals surface area contributed by atoms with Crippen LogP contribution < -0.4 is 0 Å². The van der Waals surface area contributed by atoms with Gasteiger partial charge in [-0.2, -0.15) is 0 Å². The van der Waals surface area contributed by atoms with Crippen molar-refractivity contribution in [2.45, 2.75) is 218 Å². The summed E-state index contributed by atoms with van der Waals surface area (Å²) in [6, 6.07) is 0. The Morgan fingerprint density at radius 3 is 1.94 bits per heavy atom. The van der Waals surface area contributed by atoms with Crippen molar-refractivity contribution in [1.82, 2.24) is 0 Å². The maximum Gasteiger partial charge on any atom is 0.187 e. The van der Waals surface area contributed by atoms with Crippen molar-refractivity contribution < 1.29 is 84.6 Å². The van der Waals surface area contributed by atoms with Crippen LogP contribution in [0.25, 0.3) is 0 Å². The minimum Gasteiger partial charge on any atom is -0.396 e. The molecule has 4 saturated carbocycles. The summed E-state index contributed by atoms with van der Waals surface area (Å²) in [4.78, 5) is 0. The standard InChI is InChI=1S/C48H80O17/c1-22-31(52)33(54)37(58)41(61-22)65-39-26(20-60-40-36(57)34(55)32(53)25(19-49)62-40)63-42(38(59)35(39)56)64-30-12-13-45(6)27(44(30,4)5)11-14-46(7)28(45)10-9-23-24-17-43(2,3)15-16-48(24,21-50)29(51)18-47(23,46)8/h9,22,24-42,49-59H,10-21H2,1-8H3/t22-,24?,25+,26+,27?,28+,29-,30?,31-,32+,33+,34-,35+,36+,37+,38+,39-,40+,41-,42-,45-,46+,47+,48+/m0/s1. The van der Waals surface area contributed by atoms with E-state index in [0.29, 0.717) is 18.8 Å². The van der Waals surface area contributed by atoms with E-state index < -0.39 is 128 Å². The van der Waals surface area contributed by atoms with E-state index in [2.05, 4.69) is 54.5 Å². The number of aliphatic hydroxyl groups excluding tert-OH is 11. The van der Waals surface area contributed by atoms with Gasteiger partial charge in [0.25, 0.3) is 0 Å². The SMILES string of the molecule is C[C@@H]1O[C@@H](O[C@@H]2[C@H](O)[C@@H](O)[C@H](OC3CC[C@@]4(C)C(CC[C@]5(C)[C@@H]4CC=C4C6CC(C)(C)CC[C@]6(CO)[C@@H](O)C[C@]45C)C3(C)C)O[C@@H]2CO[C@@H]2O[C@H](CO)[C@@H](O)[C@H](O)[C@H]2O)[C@H](O)[C@H](O)[C@H]1O. The fraction of sp³-hybridized carbons (Fsp3) is 0.958. The zero-order chi connectivity index (χ0) is 47.6. The number of hydrogen-bond donors (Lipinski definition) is 11. The maximum atomic E-state index is 12.1. The summed E-state index contributed by atoms with van der Waals surface area (Å²) in [5, 5.41) is 119. The molecule has 8 aliphatic rings. The third-order valence-electron chi connectivity index (χ3n) is 19.4. The van der Waals surface area contributed by atoms with Crippen LogP contribution in [0.1, 0.15) is 113 Å². The predicted octanol–water partition coefficient (Wildman–Crippen LogP) is 0.612. The molecule has 17 heteroatoms. The van der Waals surface area contributed by atoms with E-state index in [1.165, 1.54) is 12.5 Å². The molecule has 374 valence electrons. The highest BCUT2D eigenvalue weighted by Gasteiger charge is 2.70. The Balaban J connectivity index is 1.03. The molecule has 0 aromatic carbocycles. The topological polar surface area (TPSA) is 278 Å². The van der Waals surface area contributed by atoms with Crippen LogP contribution in [-0.4, -0.2) is 180 Å². The molecule has 3 saturated heterocycles. The summed E-state index contributed by atoms with van der Waals surface area (Å²) < 4.78 is 36.3. The number of fused-ring (bicyclic) bond motifs is 7. The second-order valence-corrected chi connectivity index (χ2v) is 23.6. The van der Waals surface area contributed by atoms with E-state index in [9.17, 15) is 56.2 Å². The van der Waals surface area contributed by atoms with Gasteiger partial charge in [0, 0.05) is 5.41 Å². The van der Waals surface area contributed by atoms with Crippen molar-refractivity contribution >= 4 is 0 Å². The monoisotopic (exact) mass is 929 g/mol. The molecular formula is C48H80O17. The lowest BCUT2D eigenvalue weighted by Gasteiger charge is -2.72. The first kappa shape index (κ1) is 50.4. The van der Waals surface area contributed by atoms with Crippen molar-refractivity contribution in [3.8, 4) is 0 Å². The molecule has 7 fully saturated rings. The predicted molar refractivity (Wildman–Crippen MR) is 230 cm³/mol. The lowest BCUT2D eigenvalue weighted by atomic mass is 9.33. The summed E-state index contributed by atoms with van der Waals surface area (Å²) in [7, 11) is 0. The van der Waals surface area contributed by atoms with Crippen molar-refractivity contribution in [1.29, 1.82) is 0 Å². The van der Waals surface area contributed by atoms with Crippen LogP contribution in [-0.2, 0) is 28.4 Å². The average Bonchev–Trinajstić information content (AvgIpc) is 3.24. The molecule has 3 unspecified atom stereocenters. The fourth-order valence-electron chi connectivity index (χ4n) is 15.1. The lowest BCUT2D eigenvalue weighted by Crippen LogP contribution is -2.67. The van der Waals surface area contributed by atoms with Gasteiger partial charge in [-0.05, 0) is 110 Å². The Morgan fingerprint density at radius 2 is 1.26 bits per heavy atom. The molecular weight excluding hydrogens is 849 g/mol. The van der Waals surface area contributed by atoms with E-state index in [4.69, 9.17) is 28.4 Å². The summed E-state index contributed by atoms with van der Waals surface area (Å²) in [6.07, 6.45) is -14.1. The number of rotatable bonds is 9. The Morgan fingerprint density at radius 1 is 0.631 bits per heavy atom. The van der Waals surface area contributed by atoms with Gasteiger partial charge >= 0.3 is 0 Å². The first-order chi connectivity index (χ1) is 30.3. The largest absolute Gasteiger partial charge is 0.396 e. The molecule has 0 bridgehead atoms. The van der Waals surface area contributed by atoms with Crippen molar-refractivity contribution in [2.75, 3.05) is 19.8 Å². The van der Waals surface area contributed by atoms with Gasteiger partial charge in [0.1, 0.15) is 67.1 Å². The summed E-state index contributed by atoms with van der Waals surface area (Å²) >= 11 is 0. The fourth-order valence-corrected chi connectivity index (χ4v) is 15.1. The van der Waals surface area contributed by atoms with Crippen molar-refractivity contribution in [2.24, 2.45) is 50.2 Å². The Kier molecular flexibility index (Phi) is 13.8. The minimum atomic E-state index is -1.76. The highest BCUT2D eigenvalue weighted by Crippen LogP contribution is 2.76. The molecule has 17 nitrogen and oxygen atoms in total. The molecule has 0 radical (unpaired) electrons. The highest BCUT2D eigenvalue weighted by molar-refractivity contribution is 5.35. The second kappa shape index (κ2) is 17.7. The zero-order valence-electron chi connectivity index (χ0n) is 39.5. The van der Waals surface area contributed by atoms with Gasteiger partial charge in [-0.15, -0.1) is 0 Å². The maximum absolute atomic E-state index is 12.1. The van der Waals surface area contributed by atoms with Crippen LogP contribution in [0.15, 0.2) is 11.6 Å². The van der Waals surface area contributed by atoms with Crippen molar-refractivity contribution in [3.05, 3.63) is 11.6 Å². The molecule has 3 aliphatic heterocycles. The van der Waals surface area contributed by atoms with Gasteiger partial charge in [-0.25, -0.2) is 0 Å². The van der Waals surface area contributed by atoms with Gasteiger partial charge in [0.2, 0.25) is 0 Å². The molecule has 5 aliphatic carbocycles. The molecule has 8 rings (SSSR count). The summed E-state index contributed by atoms with van der Waals surface area (Å²) in [5.41, 5.74) is 0.0788. The Hall–Kier alpha value is -0.940. The Labute approximate surface area is 383 Å². The van der Waals surface area contributed by atoms with Crippen LogP contribution in [0.2, 0.25) is 0 Å². The molecule has 65 heavy (non-hydrogen) atoms. The third kappa shape index (κ3) is 7.94.